The largest absolute Gasteiger partial charge is 0.290 e. The van der Waals surface area contributed by atoms with Crippen LogP contribution in [0.4, 0.5) is 0 Å². The first-order valence-corrected chi connectivity index (χ1v) is 6.35. The summed E-state index contributed by atoms with van der Waals surface area (Å²) in [6, 6.07) is 2.35. The second-order valence-corrected chi connectivity index (χ2v) is 4.67. The molecule has 0 aromatic carbocycles. The Bertz CT molecular complexity index is 315. The maximum absolute atomic E-state index is 9.05. The van der Waals surface area contributed by atoms with Crippen molar-refractivity contribution in [3.63, 3.8) is 0 Å². The zero-order valence-corrected chi connectivity index (χ0v) is 9.46. The maximum Gasteiger partial charge on any atom is 0.153 e. The number of aliphatic imine (C=N–C) groups is 1. The van der Waals surface area contributed by atoms with Crippen molar-refractivity contribution < 1.29 is 5.21 Å². The molecule has 1 aliphatic rings. The average molecular weight is 224 g/mol. The Hall–Kier alpha value is -0.870. The van der Waals surface area contributed by atoms with Crippen LogP contribution in [0.1, 0.15) is 37.7 Å². The van der Waals surface area contributed by atoms with Gasteiger partial charge < -0.3 is 0 Å². The van der Waals surface area contributed by atoms with Crippen molar-refractivity contribution in [3.8, 4) is 0 Å². The number of hydroxylamine groups is 1. The number of thiophene rings is 1. The number of nitrogens with one attached hydrogen (secondary N) is 1. The van der Waals surface area contributed by atoms with Crippen LogP contribution in [0.15, 0.2) is 21.8 Å². The third kappa shape index (κ3) is 2.79. The SMILES string of the molecule is ONC(=NC1CCCCC1)c1ccsc1. The Morgan fingerprint density at radius 1 is 1.40 bits per heavy atom. The summed E-state index contributed by atoms with van der Waals surface area (Å²) in [6.45, 7) is 0. The summed E-state index contributed by atoms with van der Waals surface area (Å²) in [5, 5.41) is 13.0. The Morgan fingerprint density at radius 3 is 2.80 bits per heavy atom. The van der Waals surface area contributed by atoms with Crippen LogP contribution in [0.2, 0.25) is 0 Å². The van der Waals surface area contributed by atoms with Crippen LogP contribution in [0.3, 0.4) is 0 Å². The van der Waals surface area contributed by atoms with E-state index in [1.165, 1.54) is 19.3 Å². The molecular weight excluding hydrogens is 208 g/mol. The summed E-state index contributed by atoms with van der Waals surface area (Å²) in [5.74, 6) is 0.614. The van der Waals surface area contributed by atoms with Crippen molar-refractivity contribution >= 4 is 17.2 Å². The van der Waals surface area contributed by atoms with Gasteiger partial charge in [0.1, 0.15) is 0 Å². The van der Waals surface area contributed by atoms with E-state index in [9.17, 15) is 0 Å². The van der Waals surface area contributed by atoms with Crippen molar-refractivity contribution in [1.82, 2.24) is 5.48 Å². The highest BCUT2D eigenvalue weighted by Gasteiger charge is 2.13. The van der Waals surface area contributed by atoms with Crippen LogP contribution in [0.25, 0.3) is 0 Å². The number of hydrogen-bond acceptors (Lipinski definition) is 3. The molecule has 4 heteroatoms. The summed E-state index contributed by atoms with van der Waals surface area (Å²) in [5.41, 5.74) is 3.19. The lowest BCUT2D eigenvalue weighted by atomic mass is 9.96. The predicted octanol–water partition coefficient (Wildman–Crippen LogP) is 2.81. The molecule has 1 heterocycles. The van der Waals surface area contributed by atoms with Gasteiger partial charge in [0.05, 0.1) is 6.04 Å². The van der Waals surface area contributed by atoms with Gasteiger partial charge in [-0.3, -0.25) is 15.7 Å². The highest BCUT2D eigenvalue weighted by molar-refractivity contribution is 7.08. The third-order valence-corrected chi connectivity index (χ3v) is 3.47. The first-order valence-electron chi connectivity index (χ1n) is 5.40. The van der Waals surface area contributed by atoms with E-state index in [1.807, 2.05) is 16.8 Å². The highest BCUT2D eigenvalue weighted by Crippen LogP contribution is 2.21. The van der Waals surface area contributed by atoms with Gasteiger partial charge in [-0.15, -0.1) is 0 Å². The quantitative estimate of drug-likeness (QED) is 0.461. The molecule has 15 heavy (non-hydrogen) atoms. The van der Waals surface area contributed by atoms with Gasteiger partial charge in [-0.05, 0) is 24.3 Å². The lowest BCUT2D eigenvalue weighted by Gasteiger charge is -2.18. The molecule has 1 aromatic heterocycles. The summed E-state index contributed by atoms with van der Waals surface area (Å²) < 4.78 is 0. The highest BCUT2D eigenvalue weighted by atomic mass is 32.1. The van der Waals surface area contributed by atoms with Crippen LogP contribution in [-0.2, 0) is 0 Å². The number of hydrogen-bond donors (Lipinski definition) is 2. The average Bonchev–Trinajstić information content (AvgIpc) is 2.81. The minimum Gasteiger partial charge on any atom is -0.290 e. The monoisotopic (exact) mass is 224 g/mol. The second-order valence-electron chi connectivity index (χ2n) is 3.89. The van der Waals surface area contributed by atoms with Gasteiger partial charge in [-0.2, -0.15) is 11.3 Å². The number of rotatable bonds is 2. The molecule has 0 bridgehead atoms. The van der Waals surface area contributed by atoms with Gasteiger partial charge in [0, 0.05) is 10.9 Å². The molecule has 1 aliphatic carbocycles. The molecule has 1 aromatic rings. The van der Waals surface area contributed by atoms with Gasteiger partial charge in [0.2, 0.25) is 0 Å². The second kappa shape index (κ2) is 5.28. The molecule has 0 spiro atoms. The maximum atomic E-state index is 9.05. The van der Waals surface area contributed by atoms with Gasteiger partial charge in [0.15, 0.2) is 5.84 Å². The van der Waals surface area contributed by atoms with Crippen molar-refractivity contribution in [2.45, 2.75) is 38.1 Å². The zero-order valence-electron chi connectivity index (χ0n) is 8.65. The molecule has 1 fully saturated rings. The van der Waals surface area contributed by atoms with Crippen molar-refractivity contribution in [2.24, 2.45) is 4.99 Å². The van der Waals surface area contributed by atoms with Crippen molar-refractivity contribution in [3.05, 3.63) is 22.4 Å². The molecule has 3 nitrogen and oxygen atoms in total. The van der Waals surface area contributed by atoms with Gasteiger partial charge in [0.25, 0.3) is 0 Å². The zero-order chi connectivity index (χ0) is 10.5. The fourth-order valence-corrected chi connectivity index (χ4v) is 2.60. The number of nitrogens with zero attached hydrogens (tertiary/aromatic N) is 1. The molecule has 2 N–H and O–H groups in total. The molecule has 0 atom stereocenters. The van der Waals surface area contributed by atoms with E-state index in [4.69, 9.17) is 5.21 Å². The Balaban J connectivity index is 2.08. The summed E-state index contributed by atoms with van der Waals surface area (Å²) in [6.07, 6.45) is 6.14. The molecular formula is C11H16N2OS. The van der Waals surface area contributed by atoms with Gasteiger partial charge in [-0.25, -0.2) is 0 Å². The Kier molecular flexibility index (Phi) is 3.75. The van der Waals surface area contributed by atoms with E-state index >= 15 is 0 Å². The summed E-state index contributed by atoms with van der Waals surface area (Å²) in [4.78, 5) is 4.56. The fourth-order valence-electron chi connectivity index (χ4n) is 1.96. The molecule has 1 saturated carbocycles. The van der Waals surface area contributed by atoms with Gasteiger partial charge in [-0.1, -0.05) is 19.3 Å². The Labute approximate surface area is 93.8 Å². The third-order valence-electron chi connectivity index (χ3n) is 2.79. The van der Waals surface area contributed by atoms with Gasteiger partial charge >= 0.3 is 0 Å². The van der Waals surface area contributed by atoms with Crippen molar-refractivity contribution in [1.29, 1.82) is 0 Å². The van der Waals surface area contributed by atoms with E-state index in [2.05, 4.69) is 10.5 Å². The fraction of sp³-hybridized carbons (Fsp3) is 0.545. The summed E-state index contributed by atoms with van der Waals surface area (Å²) in [7, 11) is 0. The topological polar surface area (TPSA) is 44.6 Å². The normalized spacial score (nSPS) is 19.1. The van der Waals surface area contributed by atoms with Crippen LogP contribution in [-0.4, -0.2) is 17.1 Å². The van der Waals surface area contributed by atoms with Crippen LogP contribution in [0.5, 0.6) is 0 Å². The van der Waals surface area contributed by atoms with E-state index in [0.29, 0.717) is 11.9 Å². The lowest BCUT2D eigenvalue weighted by Crippen LogP contribution is -2.23. The lowest BCUT2D eigenvalue weighted by molar-refractivity contribution is 0.233. The molecule has 0 saturated heterocycles. The Morgan fingerprint density at radius 2 is 2.20 bits per heavy atom. The molecule has 0 unspecified atom stereocenters. The minimum absolute atomic E-state index is 0.383. The van der Waals surface area contributed by atoms with Crippen molar-refractivity contribution in [2.75, 3.05) is 0 Å². The van der Waals surface area contributed by atoms with Crippen LogP contribution < -0.4 is 5.48 Å². The smallest absolute Gasteiger partial charge is 0.153 e. The first-order chi connectivity index (χ1) is 7.40. The van der Waals surface area contributed by atoms with Crippen LogP contribution in [0, 0.1) is 0 Å². The number of amidine groups is 1. The van der Waals surface area contributed by atoms with E-state index in [-0.39, 0.29) is 0 Å². The first kappa shape index (κ1) is 10.6. The van der Waals surface area contributed by atoms with E-state index in [0.717, 1.165) is 18.4 Å². The summed E-state index contributed by atoms with van der Waals surface area (Å²) >= 11 is 1.61. The molecule has 0 aliphatic heterocycles. The molecule has 2 rings (SSSR count). The standard InChI is InChI=1S/C11H16N2OS/c14-13-11(9-6-7-15-8-9)12-10-4-2-1-3-5-10/h6-8,10,14H,1-5H2,(H,12,13). The van der Waals surface area contributed by atoms with E-state index < -0.39 is 0 Å². The minimum atomic E-state index is 0.383. The molecule has 0 radical (unpaired) electrons. The van der Waals surface area contributed by atoms with Crippen LogP contribution >= 0.6 is 11.3 Å². The predicted molar refractivity (Wildman–Crippen MR) is 62.7 cm³/mol. The molecule has 82 valence electrons. The van der Waals surface area contributed by atoms with E-state index in [1.54, 1.807) is 11.3 Å². The molecule has 0 amide bonds.